The number of para-hydroxylation sites is 1. The highest BCUT2D eigenvalue weighted by Gasteiger charge is 2.30. The summed E-state index contributed by atoms with van der Waals surface area (Å²) in [6, 6.07) is 7.20. The molecule has 0 saturated heterocycles. The van der Waals surface area contributed by atoms with E-state index in [-0.39, 0.29) is 13.0 Å². The third-order valence-corrected chi connectivity index (χ3v) is 3.93. The van der Waals surface area contributed by atoms with Gasteiger partial charge in [-0.15, -0.1) is 0 Å². The van der Waals surface area contributed by atoms with Crippen LogP contribution in [0.1, 0.15) is 18.1 Å². The number of halogens is 5. The maximum Gasteiger partial charge on any atom is 0.416 e. The Kier molecular flexibility index (Phi) is 6.71. The van der Waals surface area contributed by atoms with Crippen LogP contribution in [-0.4, -0.2) is 29.8 Å². The molecule has 2 rings (SSSR count). The summed E-state index contributed by atoms with van der Waals surface area (Å²) >= 11 is 0. The van der Waals surface area contributed by atoms with E-state index >= 15 is 0 Å². The van der Waals surface area contributed by atoms with Gasteiger partial charge >= 0.3 is 6.18 Å². The van der Waals surface area contributed by atoms with Crippen LogP contribution in [0.25, 0.3) is 0 Å². The first kappa shape index (κ1) is 21.3. The summed E-state index contributed by atoms with van der Waals surface area (Å²) in [5.41, 5.74) is -1.10. The van der Waals surface area contributed by atoms with Crippen LogP contribution < -0.4 is 5.32 Å². The molecule has 2 aromatic rings. The molecular formula is C19H17F5N2O2. The zero-order valence-electron chi connectivity index (χ0n) is 14.8. The van der Waals surface area contributed by atoms with Crippen LogP contribution in [0.15, 0.2) is 42.5 Å². The molecule has 0 aliphatic rings. The first-order valence-corrected chi connectivity index (χ1v) is 8.29. The molecular weight excluding hydrogens is 383 g/mol. The second kappa shape index (κ2) is 8.81. The number of likely N-dealkylation sites (N-methyl/N-ethyl adjacent to an activating group) is 1. The highest BCUT2D eigenvalue weighted by Crippen LogP contribution is 2.29. The van der Waals surface area contributed by atoms with Crippen LogP contribution in [0.3, 0.4) is 0 Å². The van der Waals surface area contributed by atoms with Gasteiger partial charge in [0.05, 0.1) is 18.5 Å². The van der Waals surface area contributed by atoms with Crippen molar-refractivity contribution in [2.24, 2.45) is 0 Å². The molecule has 0 heterocycles. The van der Waals surface area contributed by atoms with E-state index in [4.69, 9.17) is 0 Å². The molecule has 0 atom stereocenters. The molecule has 4 nitrogen and oxygen atoms in total. The largest absolute Gasteiger partial charge is 0.416 e. The van der Waals surface area contributed by atoms with Crippen molar-refractivity contribution in [3.05, 3.63) is 65.2 Å². The number of benzene rings is 2. The Morgan fingerprint density at radius 3 is 2.07 bits per heavy atom. The number of nitrogens with zero attached hydrogens (tertiary/aromatic N) is 1. The number of carbonyl (C=O) groups excluding carboxylic acids is 2. The van der Waals surface area contributed by atoms with Crippen LogP contribution in [-0.2, 0) is 22.2 Å². The van der Waals surface area contributed by atoms with Crippen LogP contribution in [0.4, 0.5) is 27.6 Å². The van der Waals surface area contributed by atoms with Crippen LogP contribution in [0, 0.1) is 11.6 Å². The number of nitrogens with one attached hydrogen (secondary N) is 1. The van der Waals surface area contributed by atoms with Crippen molar-refractivity contribution in [1.82, 2.24) is 4.90 Å². The first-order chi connectivity index (χ1) is 13.1. The Morgan fingerprint density at radius 2 is 1.57 bits per heavy atom. The number of anilines is 1. The highest BCUT2D eigenvalue weighted by atomic mass is 19.4. The molecule has 0 spiro atoms. The Balaban J connectivity index is 2.00. The zero-order valence-corrected chi connectivity index (χ0v) is 14.8. The molecule has 9 heteroatoms. The summed E-state index contributed by atoms with van der Waals surface area (Å²) in [4.78, 5) is 25.5. The molecule has 1 N–H and O–H groups in total. The molecule has 0 saturated carbocycles. The van der Waals surface area contributed by atoms with E-state index in [2.05, 4.69) is 5.32 Å². The van der Waals surface area contributed by atoms with Crippen molar-refractivity contribution in [2.75, 3.05) is 18.4 Å². The Labute approximate surface area is 158 Å². The summed E-state index contributed by atoms with van der Waals surface area (Å²) in [7, 11) is 0. The average molecular weight is 400 g/mol. The highest BCUT2D eigenvalue weighted by molar-refractivity contribution is 5.95. The van der Waals surface area contributed by atoms with Crippen molar-refractivity contribution in [1.29, 1.82) is 0 Å². The molecule has 0 aliphatic heterocycles. The van der Waals surface area contributed by atoms with Gasteiger partial charge in [-0.1, -0.05) is 18.2 Å². The fraction of sp³-hybridized carbons (Fsp3) is 0.263. The van der Waals surface area contributed by atoms with E-state index in [1.807, 2.05) is 0 Å². The fourth-order valence-corrected chi connectivity index (χ4v) is 2.44. The summed E-state index contributed by atoms with van der Waals surface area (Å²) in [5.74, 6) is -3.21. The zero-order chi connectivity index (χ0) is 20.9. The molecule has 2 aromatic carbocycles. The van der Waals surface area contributed by atoms with Crippen molar-refractivity contribution in [3.63, 3.8) is 0 Å². The van der Waals surface area contributed by atoms with E-state index < -0.39 is 47.4 Å². The minimum Gasteiger partial charge on any atom is -0.333 e. The van der Waals surface area contributed by atoms with Gasteiger partial charge in [-0.2, -0.15) is 13.2 Å². The van der Waals surface area contributed by atoms with Crippen molar-refractivity contribution < 1.29 is 31.5 Å². The normalized spacial score (nSPS) is 11.2. The van der Waals surface area contributed by atoms with Gasteiger partial charge in [-0.05, 0) is 36.8 Å². The lowest BCUT2D eigenvalue weighted by atomic mass is 10.1. The number of carbonyl (C=O) groups is 2. The second-order valence-corrected chi connectivity index (χ2v) is 5.92. The van der Waals surface area contributed by atoms with E-state index in [0.29, 0.717) is 5.56 Å². The summed E-state index contributed by atoms with van der Waals surface area (Å²) in [5, 5.41) is 2.08. The van der Waals surface area contributed by atoms with E-state index in [0.717, 1.165) is 35.2 Å². The molecule has 150 valence electrons. The minimum atomic E-state index is -4.47. The molecule has 0 aliphatic carbocycles. The predicted molar refractivity (Wildman–Crippen MR) is 92.4 cm³/mol. The fourth-order valence-electron chi connectivity index (χ4n) is 2.44. The third kappa shape index (κ3) is 5.51. The summed E-state index contributed by atoms with van der Waals surface area (Å²) in [6.07, 6.45) is -4.69. The number of hydrogen-bond donors (Lipinski definition) is 1. The SMILES string of the molecule is CCN(CC(=O)Nc1c(F)cccc1F)C(=O)Cc1ccc(C(F)(F)F)cc1. The topological polar surface area (TPSA) is 49.4 Å². The average Bonchev–Trinajstić information content (AvgIpc) is 2.62. The van der Waals surface area contributed by atoms with Crippen LogP contribution in [0.2, 0.25) is 0 Å². The van der Waals surface area contributed by atoms with Gasteiger partial charge in [0.1, 0.15) is 17.3 Å². The maximum absolute atomic E-state index is 13.6. The lowest BCUT2D eigenvalue weighted by molar-refractivity contribution is -0.137. The lowest BCUT2D eigenvalue weighted by Crippen LogP contribution is -2.38. The van der Waals surface area contributed by atoms with E-state index in [1.54, 1.807) is 6.92 Å². The molecule has 2 amide bonds. The summed E-state index contributed by atoms with van der Waals surface area (Å²) < 4.78 is 64.9. The summed E-state index contributed by atoms with van der Waals surface area (Å²) in [6.45, 7) is 1.28. The maximum atomic E-state index is 13.6. The number of rotatable bonds is 6. The van der Waals surface area contributed by atoms with Crippen molar-refractivity contribution in [3.8, 4) is 0 Å². The molecule has 28 heavy (non-hydrogen) atoms. The molecule has 0 fully saturated rings. The predicted octanol–water partition coefficient (Wildman–Crippen LogP) is 4.01. The Bertz CT molecular complexity index is 830. The number of alkyl halides is 3. The van der Waals surface area contributed by atoms with Crippen LogP contribution in [0.5, 0.6) is 0 Å². The monoisotopic (exact) mass is 400 g/mol. The molecule has 0 aromatic heterocycles. The van der Waals surface area contributed by atoms with Gasteiger partial charge in [0.25, 0.3) is 0 Å². The minimum absolute atomic E-state index is 0.132. The molecule has 0 bridgehead atoms. The van der Waals surface area contributed by atoms with Gasteiger partial charge in [0.2, 0.25) is 11.8 Å². The Morgan fingerprint density at radius 1 is 1.00 bits per heavy atom. The number of hydrogen-bond acceptors (Lipinski definition) is 2. The Hall–Kier alpha value is -2.97. The van der Waals surface area contributed by atoms with Gasteiger partial charge in [0, 0.05) is 6.54 Å². The third-order valence-electron chi connectivity index (χ3n) is 3.93. The lowest BCUT2D eigenvalue weighted by Gasteiger charge is -2.20. The smallest absolute Gasteiger partial charge is 0.333 e. The standard InChI is InChI=1S/C19H17F5N2O2/c1-2-26(11-16(27)25-18-14(20)4-3-5-15(18)21)17(28)10-12-6-8-13(9-7-12)19(22,23)24/h3-9H,2,10-11H2,1H3,(H,25,27). The van der Waals surface area contributed by atoms with Gasteiger partial charge in [-0.3, -0.25) is 9.59 Å². The number of amides is 2. The van der Waals surface area contributed by atoms with E-state index in [9.17, 15) is 31.5 Å². The quantitative estimate of drug-likeness (QED) is 0.745. The van der Waals surface area contributed by atoms with Gasteiger partial charge < -0.3 is 10.2 Å². The van der Waals surface area contributed by atoms with Crippen molar-refractivity contribution >= 4 is 17.5 Å². The first-order valence-electron chi connectivity index (χ1n) is 8.29. The van der Waals surface area contributed by atoms with Crippen molar-refractivity contribution in [2.45, 2.75) is 19.5 Å². The molecule has 0 radical (unpaired) electrons. The molecule has 0 unspecified atom stereocenters. The second-order valence-electron chi connectivity index (χ2n) is 5.92. The van der Waals surface area contributed by atoms with E-state index in [1.165, 1.54) is 12.1 Å². The van der Waals surface area contributed by atoms with Gasteiger partial charge in [-0.25, -0.2) is 8.78 Å². The van der Waals surface area contributed by atoms with Gasteiger partial charge in [0.15, 0.2) is 0 Å². The van der Waals surface area contributed by atoms with Crippen LogP contribution >= 0.6 is 0 Å².